The topological polar surface area (TPSA) is 12.9 Å². The molecule has 0 aliphatic rings. The maximum atomic E-state index is 12.2. The van der Waals surface area contributed by atoms with E-state index in [-0.39, 0.29) is 5.02 Å². The Hall–Kier alpha value is -0.910. The van der Waals surface area contributed by atoms with Gasteiger partial charge in [0.2, 0.25) is 0 Å². The van der Waals surface area contributed by atoms with Gasteiger partial charge in [-0.15, -0.1) is 0 Å². The molecule has 0 saturated heterocycles. The lowest BCUT2D eigenvalue weighted by atomic mass is 10.2. The first kappa shape index (κ1) is 11.2. The highest BCUT2D eigenvalue weighted by molar-refractivity contribution is 6.30. The average molecular weight is 232 g/mol. The fraction of sp³-hybridized carbons (Fsp3) is 0.286. The number of halogens is 6. The zero-order chi connectivity index (χ0) is 10.9. The molecular formula is C7H3ClF5N. The minimum Gasteiger partial charge on any atom is -0.253 e. The SMILES string of the molecule is FC(F)c1ncc(Cl)cc1C(F)(F)F. The van der Waals surface area contributed by atoms with E-state index in [9.17, 15) is 22.0 Å². The zero-order valence-electron chi connectivity index (χ0n) is 6.45. The molecule has 0 aliphatic heterocycles. The van der Waals surface area contributed by atoms with Gasteiger partial charge in [0.1, 0.15) is 5.69 Å². The molecule has 0 spiro atoms. The minimum absolute atomic E-state index is 0.332. The van der Waals surface area contributed by atoms with Gasteiger partial charge in [-0.05, 0) is 6.07 Å². The predicted octanol–water partition coefficient (Wildman–Crippen LogP) is 3.69. The molecular weight excluding hydrogens is 229 g/mol. The Kier molecular flexibility index (Phi) is 2.94. The summed E-state index contributed by atoms with van der Waals surface area (Å²) in [6, 6.07) is 0.427. The second kappa shape index (κ2) is 3.68. The second-order valence-corrected chi connectivity index (χ2v) is 2.82. The van der Waals surface area contributed by atoms with Crippen LogP contribution in [0.15, 0.2) is 12.3 Å². The summed E-state index contributed by atoms with van der Waals surface area (Å²) in [6.07, 6.45) is -7.40. The van der Waals surface area contributed by atoms with E-state index in [1.165, 1.54) is 0 Å². The summed E-state index contributed by atoms with van der Waals surface area (Å²) < 4.78 is 60.6. The van der Waals surface area contributed by atoms with Crippen molar-refractivity contribution in [3.8, 4) is 0 Å². The monoisotopic (exact) mass is 231 g/mol. The first-order valence-corrected chi connectivity index (χ1v) is 3.71. The van der Waals surface area contributed by atoms with Crippen LogP contribution in [0.25, 0.3) is 0 Å². The third-order valence-electron chi connectivity index (χ3n) is 1.40. The van der Waals surface area contributed by atoms with E-state index in [1.807, 2.05) is 0 Å². The molecule has 0 saturated carbocycles. The lowest BCUT2D eigenvalue weighted by Crippen LogP contribution is -2.11. The van der Waals surface area contributed by atoms with Crippen molar-refractivity contribution in [3.63, 3.8) is 0 Å². The molecule has 0 radical (unpaired) electrons. The first-order chi connectivity index (χ1) is 6.32. The van der Waals surface area contributed by atoms with Crippen LogP contribution in [0.5, 0.6) is 0 Å². The molecule has 0 unspecified atom stereocenters. The highest BCUT2D eigenvalue weighted by Gasteiger charge is 2.36. The molecule has 1 aromatic rings. The zero-order valence-corrected chi connectivity index (χ0v) is 7.20. The van der Waals surface area contributed by atoms with Gasteiger partial charge in [-0.3, -0.25) is 4.98 Å². The van der Waals surface area contributed by atoms with E-state index in [0.717, 1.165) is 6.20 Å². The van der Waals surface area contributed by atoms with Gasteiger partial charge in [0.15, 0.2) is 0 Å². The Balaban J connectivity index is 3.30. The number of pyridine rings is 1. The summed E-state index contributed by atoms with van der Waals surface area (Å²) in [6.45, 7) is 0. The van der Waals surface area contributed by atoms with Gasteiger partial charge in [0.05, 0.1) is 10.6 Å². The van der Waals surface area contributed by atoms with Crippen LogP contribution in [0.1, 0.15) is 17.7 Å². The van der Waals surface area contributed by atoms with Gasteiger partial charge in [-0.25, -0.2) is 8.78 Å². The molecule has 0 fully saturated rings. The average Bonchev–Trinajstić information content (AvgIpc) is 2.01. The molecule has 0 bridgehead atoms. The first-order valence-electron chi connectivity index (χ1n) is 3.33. The van der Waals surface area contributed by atoms with Gasteiger partial charge < -0.3 is 0 Å². The third kappa shape index (κ3) is 2.31. The summed E-state index contributed by atoms with van der Waals surface area (Å²) in [7, 11) is 0. The van der Waals surface area contributed by atoms with Crippen LogP contribution in [-0.4, -0.2) is 4.98 Å². The smallest absolute Gasteiger partial charge is 0.253 e. The van der Waals surface area contributed by atoms with Crippen molar-refractivity contribution in [2.75, 3.05) is 0 Å². The van der Waals surface area contributed by atoms with Crippen LogP contribution in [0.3, 0.4) is 0 Å². The maximum absolute atomic E-state index is 12.2. The molecule has 14 heavy (non-hydrogen) atoms. The van der Waals surface area contributed by atoms with Crippen molar-refractivity contribution in [1.29, 1.82) is 0 Å². The van der Waals surface area contributed by atoms with Crippen molar-refractivity contribution >= 4 is 11.6 Å². The largest absolute Gasteiger partial charge is 0.418 e. The fourth-order valence-electron chi connectivity index (χ4n) is 0.851. The van der Waals surface area contributed by atoms with E-state index >= 15 is 0 Å². The van der Waals surface area contributed by atoms with E-state index in [1.54, 1.807) is 0 Å². The van der Waals surface area contributed by atoms with E-state index in [0.29, 0.717) is 6.07 Å². The summed E-state index contributed by atoms with van der Waals surface area (Å²) in [5.41, 5.74) is -2.80. The number of aromatic nitrogens is 1. The van der Waals surface area contributed by atoms with E-state index < -0.39 is 23.9 Å². The maximum Gasteiger partial charge on any atom is 0.418 e. The number of alkyl halides is 5. The molecule has 7 heteroatoms. The Morgan fingerprint density at radius 3 is 2.29 bits per heavy atom. The highest BCUT2D eigenvalue weighted by atomic mass is 35.5. The number of rotatable bonds is 1. The van der Waals surface area contributed by atoms with Crippen LogP contribution in [0, 0.1) is 0 Å². The van der Waals surface area contributed by atoms with Crippen molar-refractivity contribution in [3.05, 3.63) is 28.5 Å². The summed E-state index contributed by atoms with van der Waals surface area (Å²) in [5, 5.41) is -0.332. The normalized spacial score (nSPS) is 12.2. The quantitative estimate of drug-likeness (QED) is 0.672. The standard InChI is InChI=1S/C7H3ClF5N/c8-3-1-4(7(11,12)13)5(6(9)10)14-2-3/h1-2,6H. The molecule has 78 valence electrons. The molecule has 1 nitrogen and oxygen atoms in total. The molecule has 0 N–H and O–H groups in total. The van der Waals surface area contributed by atoms with Gasteiger partial charge in [-0.1, -0.05) is 11.6 Å². The minimum atomic E-state index is -4.87. The molecule has 1 aromatic heterocycles. The van der Waals surface area contributed by atoms with E-state index in [4.69, 9.17) is 11.6 Å². The fourth-order valence-corrected chi connectivity index (χ4v) is 1.01. The number of nitrogens with zero attached hydrogens (tertiary/aromatic N) is 1. The summed E-state index contributed by atoms with van der Waals surface area (Å²) in [4.78, 5) is 2.94. The number of hydrogen-bond donors (Lipinski definition) is 0. The van der Waals surface area contributed by atoms with Crippen molar-refractivity contribution in [1.82, 2.24) is 4.98 Å². The third-order valence-corrected chi connectivity index (χ3v) is 1.60. The second-order valence-electron chi connectivity index (χ2n) is 2.38. The van der Waals surface area contributed by atoms with Gasteiger partial charge >= 0.3 is 6.18 Å². The van der Waals surface area contributed by atoms with Gasteiger partial charge in [-0.2, -0.15) is 13.2 Å². The predicted molar refractivity (Wildman–Crippen MR) is 39.2 cm³/mol. The molecule has 1 rings (SSSR count). The Bertz CT molecular complexity index is 335. The Morgan fingerprint density at radius 2 is 1.86 bits per heavy atom. The van der Waals surface area contributed by atoms with Gasteiger partial charge in [0.25, 0.3) is 6.43 Å². The van der Waals surface area contributed by atoms with Crippen LogP contribution in [0.4, 0.5) is 22.0 Å². The van der Waals surface area contributed by atoms with Gasteiger partial charge in [0, 0.05) is 6.20 Å². The molecule has 1 heterocycles. The van der Waals surface area contributed by atoms with Crippen LogP contribution < -0.4 is 0 Å². The lowest BCUT2D eigenvalue weighted by Gasteiger charge is -2.11. The molecule has 0 aromatic carbocycles. The lowest BCUT2D eigenvalue weighted by molar-refractivity contribution is -0.139. The van der Waals surface area contributed by atoms with E-state index in [2.05, 4.69) is 4.98 Å². The molecule has 0 aliphatic carbocycles. The van der Waals surface area contributed by atoms with Crippen molar-refractivity contribution in [2.24, 2.45) is 0 Å². The van der Waals surface area contributed by atoms with Crippen molar-refractivity contribution < 1.29 is 22.0 Å². The number of hydrogen-bond acceptors (Lipinski definition) is 1. The highest BCUT2D eigenvalue weighted by Crippen LogP contribution is 2.36. The van der Waals surface area contributed by atoms with Crippen LogP contribution in [-0.2, 0) is 6.18 Å². The van der Waals surface area contributed by atoms with Crippen LogP contribution in [0.2, 0.25) is 5.02 Å². The molecule has 0 atom stereocenters. The van der Waals surface area contributed by atoms with Crippen molar-refractivity contribution in [2.45, 2.75) is 12.6 Å². The van der Waals surface area contributed by atoms with Crippen LogP contribution >= 0.6 is 11.6 Å². The Morgan fingerprint density at radius 1 is 1.29 bits per heavy atom. The Labute approximate surface area is 80.5 Å². The molecule has 0 amide bonds. The summed E-state index contributed by atoms with van der Waals surface area (Å²) in [5.74, 6) is 0. The summed E-state index contributed by atoms with van der Waals surface area (Å²) >= 11 is 5.22.